The average molecular weight is 452 g/mol. The van der Waals surface area contributed by atoms with Gasteiger partial charge in [-0.2, -0.15) is 10.3 Å². The molecule has 0 aliphatic carbocycles. The summed E-state index contributed by atoms with van der Waals surface area (Å²) >= 11 is 0. The van der Waals surface area contributed by atoms with Gasteiger partial charge in [-0.3, -0.25) is 14.3 Å². The van der Waals surface area contributed by atoms with Crippen molar-refractivity contribution in [3.05, 3.63) is 81.1 Å². The summed E-state index contributed by atoms with van der Waals surface area (Å²) in [4.78, 5) is 33.9. The zero-order valence-corrected chi connectivity index (χ0v) is 17.5. The van der Waals surface area contributed by atoms with Gasteiger partial charge in [0.05, 0.1) is 24.8 Å². The molecule has 0 unspecified atom stereocenters. The van der Waals surface area contributed by atoms with Gasteiger partial charge in [0.15, 0.2) is 29.0 Å². The van der Waals surface area contributed by atoms with Crippen LogP contribution in [0.4, 0.5) is 14.6 Å². The molecule has 1 N–H and O–H groups in total. The Balaban J connectivity index is 1.49. The van der Waals surface area contributed by atoms with Crippen LogP contribution in [-0.4, -0.2) is 37.2 Å². The van der Waals surface area contributed by atoms with Gasteiger partial charge in [0.1, 0.15) is 17.2 Å². The lowest BCUT2D eigenvalue weighted by molar-refractivity contribution is 0.100. The molecule has 0 saturated carbocycles. The zero-order chi connectivity index (χ0) is 23.1. The molecule has 0 amide bonds. The van der Waals surface area contributed by atoms with Gasteiger partial charge < -0.3 is 9.42 Å². The van der Waals surface area contributed by atoms with Crippen LogP contribution in [0.15, 0.2) is 45.8 Å². The van der Waals surface area contributed by atoms with Crippen LogP contribution in [0.1, 0.15) is 34.3 Å². The van der Waals surface area contributed by atoms with Crippen molar-refractivity contribution in [2.24, 2.45) is 0 Å². The molecule has 0 saturated heterocycles. The summed E-state index contributed by atoms with van der Waals surface area (Å²) in [6.07, 6.45) is 1.41. The molecular formula is C22H18F2N6O3. The third kappa shape index (κ3) is 3.81. The van der Waals surface area contributed by atoms with Crippen LogP contribution in [0, 0.1) is 11.6 Å². The first-order valence-corrected chi connectivity index (χ1v) is 10.2. The first-order chi connectivity index (χ1) is 15.9. The van der Waals surface area contributed by atoms with Crippen LogP contribution in [-0.2, 0) is 19.5 Å². The van der Waals surface area contributed by atoms with Gasteiger partial charge in [-0.15, -0.1) is 0 Å². The van der Waals surface area contributed by atoms with E-state index in [-0.39, 0.29) is 47.5 Å². The molecule has 1 aromatic carbocycles. The van der Waals surface area contributed by atoms with E-state index < -0.39 is 11.6 Å². The number of ketones is 1. The lowest BCUT2D eigenvalue weighted by Crippen LogP contribution is -2.33. The summed E-state index contributed by atoms with van der Waals surface area (Å²) in [7, 11) is 0. The molecule has 0 fully saturated rings. The molecule has 33 heavy (non-hydrogen) atoms. The van der Waals surface area contributed by atoms with Crippen molar-refractivity contribution in [3.8, 4) is 11.5 Å². The van der Waals surface area contributed by atoms with Crippen molar-refractivity contribution in [2.75, 3.05) is 11.4 Å². The predicted octanol–water partition coefficient (Wildman–Crippen LogP) is 2.71. The number of Topliss-reactive ketones (excluding diaryl/α,β-unsaturated/α-hetero) is 1. The van der Waals surface area contributed by atoms with Gasteiger partial charge in [-0.25, -0.2) is 18.7 Å². The SMILES string of the molecule is CC(=O)c1cc(-c2ncc(F)c(N3CCc4c(o[nH]c4=O)C3)n2)nn1Cc1ccccc1F. The van der Waals surface area contributed by atoms with E-state index in [9.17, 15) is 18.4 Å². The quantitative estimate of drug-likeness (QED) is 0.464. The molecule has 0 radical (unpaired) electrons. The van der Waals surface area contributed by atoms with Crippen molar-refractivity contribution in [3.63, 3.8) is 0 Å². The number of fused-ring (bicyclic) bond motifs is 1. The second-order valence-electron chi connectivity index (χ2n) is 7.69. The van der Waals surface area contributed by atoms with E-state index in [1.807, 2.05) is 0 Å². The molecule has 9 nitrogen and oxygen atoms in total. The molecule has 0 spiro atoms. The molecule has 1 aliphatic heterocycles. The second-order valence-corrected chi connectivity index (χ2v) is 7.69. The number of carbonyl (C=O) groups excluding carboxylic acids is 1. The van der Waals surface area contributed by atoms with Crippen molar-refractivity contribution in [1.29, 1.82) is 0 Å². The number of hydrogen-bond donors (Lipinski definition) is 1. The first-order valence-electron chi connectivity index (χ1n) is 10.2. The number of anilines is 1. The van der Waals surface area contributed by atoms with E-state index in [0.29, 0.717) is 29.9 Å². The highest BCUT2D eigenvalue weighted by molar-refractivity contribution is 5.93. The smallest absolute Gasteiger partial charge is 0.283 e. The topological polar surface area (TPSA) is 110 Å². The van der Waals surface area contributed by atoms with Crippen LogP contribution in [0.25, 0.3) is 11.5 Å². The van der Waals surface area contributed by atoms with E-state index in [2.05, 4.69) is 20.2 Å². The Morgan fingerprint density at radius 3 is 2.85 bits per heavy atom. The number of rotatable bonds is 5. The van der Waals surface area contributed by atoms with E-state index in [4.69, 9.17) is 4.52 Å². The second kappa shape index (κ2) is 8.08. The molecule has 0 atom stereocenters. The van der Waals surface area contributed by atoms with Crippen LogP contribution in [0.5, 0.6) is 0 Å². The molecule has 4 aromatic rings. The number of aromatic nitrogens is 5. The highest BCUT2D eigenvalue weighted by atomic mass is 19.1. The molecule has 4 heterocycles. The molecule has 5 rings (SSSR count). The number of nitrogens with zero attached hydrogens (tertiary/aromatic N) is 5. The number of H-pyrrole nitrogens is 1. The molecule has 0 bridgehead atoms. The van der Waals surface area contributed by atoms with Gasteiger partial charge in [0.25, 0.3) is 5.56 Å². The summed E-state index contributed by atoms with van der Waals surface area (Å²) in [6, 6.07) is 7.72. The van der Waals surface area contributed by atoms with Crippen LogP contribution >= 0.6 is 0 Å². The fourth-order valence-electron chi connectivity index (χ4n) is 3.84. The molecule has 1 aliphatic rings. The van der Waals surface area contributed by atoms with Crippen molar-refractivity contribution in [2.45, 2.75) is 26.4 Å². The zero-order valence-electron chi connectivity index (χ0n) is 17.5. The molecule has 3 aromatic heterocycles. The van der Waals surface area contributed by atoms with Crippen molar-refractivity contribution in [1.82, 2.24) is 24.9 Å². The lowest BCUT2D eigenvalue weighted by atomic mass is 10.1. The summed E-state index contributed by atoms with van der Waals surface area (Å²) in [5, 5.41) is 6.68. The highest BCUT2D eigenvalue weighted by Gasteiger charge is 2.26. The normalized spacial score (nSPS) is 13.2. The third-order valence-corrected chi connectivity index (χ3v) is 5.52. The standard InChI is InChI=1S/C22H18F2N6O3/c1-12(31)18-8-17(27-30(18)10-13-4-2-3-5-15(13)23)20-25-9-16(24)21(26-20)29-7-6-14-19(11-29)33-28-22(14)32/h2-5,8-9H,6-7,10-11H2,1H3,(H,28,32). The van der Waals surface area contributed by atoms with E-state index in [1.54, 1.807) is 23.1 Å². The summed E-state index contributed by atoms with van der Waals surface area (Å²) < 4.78 is 35.3. The van der Waals surface area contributed by atoms with Crippen molar-refractivity contribution >= 4 is 11.6 Å². The fraction of sp³-hybridized carbons (Fsp3) is 0.227. The maximum atomic E-state index is 14.6. The number of carbonyl (C=O) groups is 1. The average Bonchev–Trinajstić information content (AvgIpc) is 3.39. The van der Waals surface area contributed by atoms with Crippen LogP contribution < -0.4 is 10.5 Å². The Bertz CT molecular complexity index is 1420. The maximum absolute atomic E-state index is 14.6. The van der Waals surface area contributed by atoms with E-state index >= 15 is 0 Å². The van der Waals surface area contributed by atoms with Gasteiger partial charge in [-0.1, -0.05) is 18.2 Å². The lowest BCUT2D eigenvalue weighted by Gasteiger charge is -2.26. The minimum atomic E-state index is -0.641. The predicted molar refractivity (Wildman–Crippen MR) is 113 cm³/mol. The first kappa shape index (κ1) is 20.7. The molecule has 168 valence electrons. The summed E-state index contributed by atoms with van der Waals surface area (Å²) in [5.74, 6) is -0.745. The Morgan fingerprint density at radius 2 is 2.06 bits per heavy atom. The van der Waals surface area contributed by atoms with E-state index in [0.717, 1.165) is 6.20 Å². The van der Waals surface area contributed by atoms with Gasteiger partial charge in [0, 0.05) is 19.0 Å². The minimum Gasteiger partial charge on any atom is -0.381 e. The minimum absolute atomic E-state index is 0.0301. The van der Waals surface area contributed by atoms with Gasteiger partial charge >= 0.3 is 0 Å². The van der Waals surface area contributed by atoms with Crippen LogP contribution in [0.3, 0.4) is 0 Å². The molecule has 11 heteroatoms. The number of aromatic amines is 1. The van der Waals surface area contributed by atoms with Crippen molar-refractivity contribution < 1.29 is 18.1 Å². The number of benzene rings is 1. The van der Waals surface area contributed by atoms with Gasteiger partial charge in [-0.05, 0) is 18.6 Å². The highest BCUT2D eigenvalue weighted by Crippen LogP contribution is 2.26. The number of hydrogen-bond acceptors (Lipinski definition) is 7. The third-order valence-electron chi connectivity index (χ3n) is 5.52. The summed E-state index contributed by atoms with van der Waals surface area (Å²) in [5.41, 5.74) is 1.13. The van der Waals surface area contributed by atoms with E-state index in [1.165, 1.54) is 23.7 Å². The monoisotopic (exact) mass is 452 g/mol. The maximum Gasteiger partial charge on any atom is 0.283 e. The number of nitrogens with one attached hydrogen (secondary N) is 1. The molecular weight excluding hydrogens is 434 g/mol. The van der Waals surface area contributed by atoms with Gasteiger partial charge in [0.2, 0.25) is 0 Å². The Morgan fingerprint density at radius 1 is 1.24 bits per heavy atom. The Hall–Kier alpha value is -4.15. The van der Waals surface area contributed by atoms with Crippen LogP contribution in [0.2, 0.25) is 0 Å². The largest absolute Gasteiger partial charge is 0.381 e. The Kier molecular flexibility index (Phi) is 5.08. The summed E-state index contributed by atoms with van der Waals surface area (Å²) in [6.45, 7) is 1.95. The fourth-order valence-corrected chi connectivity index (χ4v) is 3.84. The number of halogens is 2. The Labute approximate surface area is 185 Å².